The molecule has 0 saturated heterocycles. The first-order chi connectivity index (χ1) is 14.2. The van der Waals surface area contributed by atoms with Gasteiger partial charge < -0.3 is 25.6 Å². The number of guanidine groups is 1. The van der Waals surface area contributed by atoms with Gasteiger partial charge in [-0.05, 0) is 65.5 Å². The summed E-state index contributed by atoms with van der Waals surface area (Å²) in [4.78, 5) is 23.3. The highest BCUT2D eigenvalue weighted by molar-refractivity contribution is 14.0. The zero-order chi connectivity index (χ0) is 22.1. The largest absolute Gasteiger partial charge is 0.444 e. The van der Waals surface area contributed by atoms with Crippen molar-refractivity contribution in [3.05, 3.63) is 23.9 Å². The molecule has 2 rings (SSSR count). The molecule has 0 radical (unpaired) electrons. The summed E-state index contributed by atoms with van der Waals surface area (Å²) in [6.45, 7) is 9.01. The number of nitrogens with zero attached hydrogens (tertiary/aromatic N) is 3. The fourth-order valence-electron chi connectivity index (χ4n) is 3.33. The van der Waals surface area contributed by atoms with E-state index in [0.717, 1.165) is 49.7 Å². The minimum absolute atomic E-state index is 0. The van der Waals surface area contributed by atoms with E-state index >= 15 is 0 Å². The van der Waals surface area contributed by atoms with Gasteiger partial charge in [-0.15, -0.1) is 24.0 Å². The van der Waals surface area contributed by atoms with Gasteiger partial charge in [0.15, 0.2) is 5.96 Å². The van der Waals surface area contributed by atoms with E-state index in [0.29, 0.717) is 12.6 Å². The summed E-state index contributed by atoms with van der Waals surface area (Å²) < 4.78 is 5.36. The topological polar surface area (TPSA) is 90.9 Å². The number of aliphatic imine (C=N–C) groups is 1. The Bertz CT molecular complexity index is 712. The predicted octanol–water partition coefficient (Wildman–Crippen LogP) is 3.66. The molecule has 176 valence electrons. The monoisotopic (exact) mass is 546 g/mol. The quantitative estimate of drug-likeness (QED) is 0.287. The number of amides is 1. The van der Waals surface area contributed by atoms with Crippen LogP contribution in [0, 0.1) is 0 Å². The summed E-state index contributed by atoms with van der Waals surface area (Å²) in [6.07, 6.45) is 3.45. The Morgan fingerprint density at radius 3 is 2.32 bits per heavy atom. The molecule has 1 aromatic heterocycles. The molecular weight excluding hydrogens is 507 g/mol. The van der Waals surface area contributed by atoms with Crippen LogP contribution in [0.1, 0.15) is 59.1 Å². The molecule has 1 heterocycles. The highest BCUT2D eigenvalue weighted by Gasteiger charge is 2.25. The first-order valence-electron chi connectivity index (χ1n) is 10.8. The van der Waals surface area contributed by atoms with E-state index in [1.807, 2.05) is 58.0 Å². The molecule has 0 unspecified atom stereocenters. The van der Waals surface area contributed by atoms with Gasteiger partial charge in [0.25, 0.3) is 0 Å². The van der Waals surface area contributed by atoms with Crippen LogP contribution in [0.25, 0.3) is 0 Å². The number of alkyl carbamates (subject to hydrolysis) is 1. The molecule has 0 spiro atoms. The summed E-state index contributed by atoms with van der Waals surface area (Å²) in [7, 11) is 3.96. The van der Waals surface area contributed by atoms with Crippen LogP contribution in [-0.4, -0.2) is 55.4 Å². The lowest BCUT2D eigenvalue weighted by Crippen LogP contribution is -2.48. The van der Waals surface area contributed by atoms with Crippen LogP contribution < -0.4 is 20.9 Å². The average molecular weight is 546 g/mol. The Balaban J connectivity index is 0.00000480. The fourth-order valence-corrected chi connectivity index (χ4v) is 3.33. The number of carbonyl (C=O) groups excluding carboxylic acids is 1. The lowest BCUT2D eigenvalue weighted by molar-refractivity contribution is 0.0490. The molecule has 3 N–H and O–H groups in total. The number of ether oxygens (including phenoxy) is 1. The van der Waals surface area contributed by atoms with Crippen molar-refractivity contribution in [1.29, 1.82) is 0 Å². The van der Waals surface area contributed by atoms with Gasteiger partial charge in [-0.3, -0.25) is 0 Å². The third-order valence-electron chi connectivity index (χ3n) is 4.78. The Kier molecular flexibility index (Phi) is 11.4. The van der Waals surface area contributed by atoms with Gasteiger partial charge in [0, 0.05) is 32.7 Å². The zero-order valence-corrected chi connectivity index (χ0v) is 22.0. The molecule has 1 saturated carbocycles. The highest BCUT2D eigenvalue weighted by atomic mass is 127. The maximum absolute atomic E-state index is 12.0. The van der Waals surface area contributed by atoms with Gasteiger partial charge in [0.2, 0.25) is 0 Å². The van der Waals surface area contributed by atoms with Gasteiger partial charge >= 0.3 is 6.09 Å². The maximum Gasteiger partial charge on any atom is 0.407 e. The average Bonchev–Trinajstić information content (AvgIpc) is 2.66. The second kappa shape index (κ2) is 12.9. The minimum Gasteiger partial charge on any atom is -0.444 e. The van der Waals surface area contributed by atoms with Gasteiger partial charge in [0.1, 0.15) is 11.4 Å². The van der Waals surface area contributed by atoms with E-state index in [4.69, 9.17) is 9.73 Å². The molecule has 0 bridgehead atoms. The smallest absolute Gasteiger partial charge is 0.407 e. The molecule has 1 aliphatic rings. The van der Waals surface area contributed by atoms with Crippen molar-refractivity contribution >= 4 is 41.8 Å². The summed E-state index contributed by atoms with van der Waals surface area (Å²) >= 11 is 0. The molecular formula is C22H39IN6O2. The Hall–Kier alpha value is -1.78. The Morgan fingerprint density at radius 2 is 1.77 bits per heavy atom. The fraction of sp³-hybridized carbons (Fsp3) is 0.682. The lowest BCUT2D eigenvalue weighted by Gasteiger charge is -2.31. The van der Waals surface area contributed by atoms with Crippen molar-refractivity contribution in [1.82, 2.24) is 20.9 Å². The van der Waals surface area contributed by atoms with Crippen molar-refractivity contribution in [3.63, 3.8) is 0 Å². The highest BCUT2D eigenvalue weighted by Crippen LogP contribution is 2.19. The number of carbonyl (C=O) groups is 1. The minimum atomic E-state index is -0.471. The van der Waals surface area contributed by atoms with Crippen molar-refractivity contribution in [2.45, 2.75) is 77.6 Å². The number of pyridine rings is 1. The van der Waals surface area contributed by atoms with Gasteiger partial charge in [-0.25, -0.2) is 14.8 Å². The molecule has 1 amide bonds. The number of hydrogen-bond donors (Lipinski definition) is 3. The van der Waals surface area contributed by atoms with Gasteiger partial charge in [-0.2, -0.15) is 0 Å². The van der Waals surface area contributed by atoms with E-state index in [2.05, 4.69) is 27.9 Å². The summed E-state index contributed by atoms with van der Waals surface area (Å²) in [5.41, 5.74) is 0.463. The van der Waals surface area contributed by atoms with Crippen LogP contribution in [0.4, 0.5) is 10.6 Å². The standard InChI is InChI=1S/C22H38N6O2.HI/c1-7-23-20(24-15-18-9-8-10-19(25-18)28(5)6)26-16-11-13-17(14-12-16)27-21(29)30-22(2,3)4;/h8-10,16-17H,7,11-15H2,1-6H3,(H,27,29)(H2,23,24,26);1H. The molecule has 1 aliphatic carbocycles. The third kappa shape index (κ3) is 10.4. The van der Waals surface area contributed by atoms with Crippen LogP contribution >= 0.6 is 24.0 Å². The van der Waals surface area contributed by atoms with Crippen molar-refractivity contribution in [3.8, 4) is 0 Å². The molecule has 9 heteroatoms. The SMILES string of the molecule is CCNC(=NCc1cccc(N(C)C)n1)NC1CCC(NC(=O)OC(C)(C)C)CC1.I. The summed E-state index contributed by atoms with van der Waals surface area (Å²) in [6, 6.07) is 6.48. The number of rotatable bonds is 6. The first-order valence-corrected chi connectivity index (χ1v) is 10.8. The normalized spacial score (nSPS) is 19.1. The lowest BCUT2D eigenvalue weighted by atomic mass is 9.91. The molecule has 0 aliphatic heterocycles. The molecule has 1 fully saturated rings. The zero-order valence-electron chi connectivity index (χ0n) is 19.7. The maximum atomic E-state index is 12.0. The molecule has 31 heavy (non-hydrogen) atoms. The summed E-state index contributed by atoms with van der Waals surface area (Å²) in [5, 5.41) is 9.84. The number of hydrogen-bond acceptors (Lipinski definition) is 5. The Morgan fingerprint density at radius 1 is 1.16 bits per heavy atom. The van der Waals surface area contributed by atoms with Crippen molar-refractivity contribution in [2.24, 2.45) is 4.99 Å². The van der Waals surface area contributed by atoms with E-state index in [1.54, 1.807) is 0 Å². The van der Waals surface area contributed by atoms with Crippen LogP contribution in [0.15, 0.2) is 23.2 Å². The van der Waals surface area contributed by atoms with Crippen molar-refractivity contribution < 1.29 is 9.53 Å². The number of aromatic nitrogens is 1. The third-order valence-corrected chi connectivity index (χ3v) is 4.78. The van der Waals surface area contributed by atoms with Crippen molar-refractivity contribution in [2.75, 3.05) is 25.5 Å². The van der Waals surface area contributed by atoms with Gasteiger partial charge in [0.05, 0.1) is 12.2 Å². The van der Waals surface area contributed by atoms with Crippen LogP contribution in [0.2, 0.25) is 0 Å². The van der Waals surface area contributed by atoms with E-state index in [-0.39, 0.29) is 36.1 Å². The molecule has 8 nitrogen and oxygen atoms in total. The van der Waals surface area contributed by atoms with E-state index < -0.39 is 5.60 Å². The van der Waals surface area contributed by atoms with Crippen LogP contribution in [0.5, 0.6) is 0 Å². The molecule has 1 aromatic rings. The number of nitrogens with one attached hydrogen (secondary N) is 3. The first kappa shape index (κ1) is 27.3. The second-order valence-electron chi connectivity index (χ2n) is 8.92. The molecule has 0 atom stereocenters. The summed E-state index contributed by atoms with van der Waals surface area (Å²) in [5.74, 6) is 1.73. The molecule has 0 aromatic carbocycles. The second-order valence-corrected chi connectivity index (χ2v) is 8.92. The predicted molar refractivity (Wildman–Crippen MR) is 137 cm³/mol. The van der Waals surface area contributed by atoms with E-state index in [9.17, 15) is 4.79 Å². The number of anilines is 1. The van der Waals surface area contributed by atoms with Gasteiger partial charge in [-0.1, -0.05) is 6.07 Å². The Labute approximate surface area is 204 Å². The van der Waals surface area contributed by atoms with Crippen LogP contribution in [0.3, 0.4) is 0 Å². The van der Waals surface area contributed by atoms with E-state index in [1.165, 1.54) is 0 Å². The van der Waals surface area contributed by atoms with Crippen LogP contribution in [-0.2, 0) is 11.3 Å². The number of halogens is 1.